The highest BCUT2D eigenvalue weighted by atomic mass is 16.5. The van der Waals surface area contributed by atoms with E-state index in [0.29, 0.717) is 31.8 Å². The molecule has 106 valence electrons. The number of carbonyl (C=O) groups excluding carboxylic acids is 1. The van der Waals surface area contributed by atoms with E-state index in [-0.39, 0.29) is 12.3 Å². The van der Waals surface area contributed by atoms with Gasteiger partial charge in [0.2, 0.25) is 0 Å². The molecule has 0 spiro atoms. The van der Waals surface area contributed by atoms with Gasteiger partial charge in [-0.2, -0.15) is 0 Å². The Balaban J connectivity index is 2.56. The van der Waals surface area contributed by atoms with Gasteiger partial charge in [-0.25, -0.2) is 0 Å². The van der Waals surface area contributed by atoms with E-state index < -0.39 is 5.97 Å². The molecule has 0 radical (unpaired) electrons. The Labute approximate surface area is 112 Å². The summed E-state index contributed by atoms with van der Waals surface area (Å²) in [5.41, 5.74) is 0.592. The maximum atomic E-state index is 12.2. The largest absolute Gasteiger partial charge is 0.481 e. The highest BCUT2D eigenvalue weighted by Crippen LogP contribution is 2.07. The molecule has 1 N–H and O–H groups in total. The van der Waals surface area contributed by atoms with Crippen molar-refractivity contribution in [2.45, 2.75) is 19.4 Å². The summed E-state index contributed by atoms with van der Waals surface area (Å²) in [7, 11) is 3.29. The molecule has 0 aliphatic rings. The van der Waals surface area contributed by atoms with Crippen LogP contribution >= 0.6 is 0 Å². The molecular formula is C13H20N2O4. The highest BCUT2D eigenvalue weighted by molar-refractivity contribution is 5.92. The lowest BCUT2D eigenvalue weighted by molar-refractivity contribution is -0.137. The van der Waals surface area contributed by atoms with Gasteiger partial charge in [0.15, 0.2) is 0 Å². The van der Waals surface area contributed by atoms with Crippen molar-refractivity contribution < 1.29 is 19.4 Å². The van der Waals surface area contributed by atoms with Gasteiger partial charge in [0.1, 0.15) is 5.69 Å². The fourth-order valence-corrected chi connectivity index (χ4v) is 1.76. The van der Waals surface area contributed by atoms with Crippen molar-refractivity contribution in [1.82, 2.24) is 9.47 Å². The van der Waals surface area contributed by atoms with Crippen molar-refractivity contribution in [2.24, 2.45) is 0 Å². The Morgan fingerprint density at radius 3 is 2.84 bits per heavy atom. The van der Waals surface area contributed by atoms with Crippen LogP contribution in [0.2, 0.25) is 0 Å². The summed E-state index contributed by atoms with van der Waals surface area (Å²) in [4.78, 5) is 24.2. The Hall–Kier alpha value is -1.82. The van der Waals surface area contributed by atoms with E-state index in [1.807, 2.05) is 16.8 Å². The molecular weight excluding hydrogens is 248 g/mol. The lowest BCUT2D eigenvalue weighted by Gasteiger charge is -2.18. The van der Waals surface area contributed by atoms with E-state index in [0.717, 1.165) is 0 Å². The summed E-state index contributed by atoms with van der Waals surface area (Å²) in [6.45, 7) is 1.59. The van der Waals surface area contributed by atoms with Gasteiger partial charge in [-0.3, -0.25) is 9.59 Å². The van der Waals surface area contributed by atoms with Crippen LogP contribution in [0, 0.1) is 0 Å². The normalized spacial score (nSPS) is 10.4. The van der Waals surface area contributed by atoms with Crippen LogP contribution in [-0.4, -0.2) is 53.8 Å². The summed E-state index contributed by atoms with van der Waals surface area (Å²) in [6.07, 6.45) is 2.36. The number of carboxylic acids is 1. The molecule has 0 atom stereocenters. The molecule has 0 unspecified atom stereocenters. The molecule has 0 aromatic carbocycles. The first-order valence-corrected chi connectivity index (χ1v) is 6.17. The Bertz CT molecular complexity index is 428. The van der Waals surface area contributed by atoms with Crippen molar-refractivity contribution in [3.05, 3.63) is 24.0 Å². The van der Waals surface area contributed by atoms with E-state index >= 15 is 0 Å². The number of carboxylic acid groups (broad SMARTS) is 1. The molecule has 1 aromatic rings. The third-order valence-electron chi connectivity index (χ3n) is 2.82. The van der Waals surface area contributed by atoms with E-state index in [1.54, 1.807) is 25.1 Å². The SMILES string of the molecule is COCCn1cccc1C(=O)N(C)CCCC(=O)O. The molecule has 0 fully saturated rings. The van der Waals surface area contributed by atoms with E-state index in [1.165, 1.54) is 0 Å². The van der Waals surface area contributed by atoms with E-state index in [2.05, 4.69) is 0 Å². The van der Waals surface area contributed by atoms with E-state index in [9.17, 15) is 9.59 Å². The fourth-order valence-electron chi connectivity index (χ4n) is 1.76. The number of carbonyl (C=O) groups is 2. The van der Waals surface area contributed by atoms with Gasteiger partial charge in [-0.1, -0.05) is 0 Å². The van der Waals surface area contributed by atoms with Gasteiger partial charge in [-0.15, -0.1) is 0 Å². The second kappa shape index (κ2) is 7.58. The summed E-state index contributed by atoms with van der Waals surface area (Å²) in [5.74, 6) is -0.948. The third-order valence-corrected chi connectivity index (χ3v) is 2.82. The minimum atomic E-state index is -0.843. The van der Waals surface area contributed by atoms with Crippen molar-refractivity contribution >= 4 is 11.9 Å². The topological polar surface area (TPSA) is 71.8 Å². The van der Waals surface area contributed by atoms with Gasteiger partial charge >= 0.3 is 5.97 Å². The molecule has 6 nitrogen and oxygen atoms in total. The van der Waals surface area contributed by atoms with Gasteiger partial charge < -0.3 is 19.3 Å². The first kappa shape index (κ1) is 15.2. The number of methoxy groups -OCH3 is 1. The zero-order valence-electron chi connectivity index (χ0n) is 11.3. The number of aromatic nitrogens is 1. The number of hydrogen-bond donors (Lipinski definition) is 1. The number of nitrogens with zero attached hydrogens (tertiary/aromatic N) is 2. The molecule has 6 heteroatoms. The van der Waals surface area contributed by atoms with Crippen LogP contribution in [0.3, 0.4) is 0 Å². The van der Waals surface area contributed by atoms with Crippen molar-refractivity contribution in [1.29, 1.82) is 0 Å². The fraction of sp³-hybridized carbons (Fsp3) is 0.538. The smallest absolute Gasteiger partial charge is 0.303 e. The maximum Gasteiger partial charge on any atom is 0.303 e. The quantitative estimate of drug-likeness (QED) is 0.765. The molecule has 1 heterocycles. The molecule has 0 bridgehead atoms. The summed E-state index contributed by atoms with van der Waals surface area (Å²) in [6, 6.07) is 3.57. The molecule has 1 amide bonds. The van der Waals surface area contributed by atoms with Crippen LogP contribution in [0.4, 0.5) is 0 Å². The van der Waals surface area contributed by atoms with Crippen LogP contribution in [0.15, 0.2) is 18.3 Å². The lowest BCUT2D eigenvalue weighted by atomic mass is 10.3. The van der Waals surface area contributed by atoms with Gasteiger partial charge in [0, 0.05) is 39.9 Å². The summed E-state index contributed by atoms with van der Waals surface area (Å²) < 4.78 is 6.82. The lowest BCUT2D eigenvalue weighted by Crippen LogP contribution is -2.30. The first-order chi connectivity index (χ1) is 9.06. The van der Waals surface area contributed by atoms with Crippen LogP contribution in [-0.2, 0) is 16.1 Å². The van der Waals surface area contributed by atoms with Gasteiger partial charge in [0.25, 0.3) is 5.91 Å². The Kier molecular flexibility index (Phi) is 6.08. The first-order valence-electron chi connectivity index (χ1n) is 6.17. The van der Waals surface area contributed by atoms with E-state index in [4.69, 9.17) is 9.84 Å². The molecule has 0 saturated heterocycles. The molecule has 0 aliphatic heterocycles. The minimum Gasteiger partial charge on any atom is -0.481 e. The van der Waals surface area contributed by atoms with Crippen LogP contribution in [0.25, 0.3) is 0 Å². The molecule has 1 rings (SSSR count). The second-order valence-corrected chi connectivity index (χ2v) is 4.30. The van der Waals surface area contributed by atoms with Crippen LogP contribution in [0.5, 0.6) is 0 Å². The number of aliphatic carboxylic acids is 1. The van der Waals surface area contributed by atoms with Gasteiger partial charge in [-0.05, 0) is 18.6 Å². The molecule has 19 heavy (non-hydrogen) atoms. The predicted octanol–water partition coefficient (Wildman–Crippen LogP) is 1.07. The average Bonchev–Trinajstić information content (AvgIpc) is 2.82. The summed E-state index contributed by atoms with van der Waals surface area (Å²) in [5, 5.41) is 8.57. The monoisotopic (exact) mass is 268 g/mol. The summed E-state index contributed by atoms with van der Waals surface area (Å²) >= 11 is 0. The maximum absolute atomic E-state index is 12.2. The Morgan fingerprint density at radius 2 is 2.21 bits per heavy atom. The zero-order valence-corrected chi connectivity index (χ0v) is 11.3. The minimum absolute atomic E-state index is 0.0717. The molecule has 0 saturated carbocycles. The van der Waals surface area contributed by atoms with Crippen molar-refractivity contribution in [3.8, 4) is 0 Å². The molecule has 1 aromatic heterocycles. The van der Waals surface area contributed by atoms with Crippen LogP contribution in [0.1, 0.15) is 23.3 Å². The number of amides is 1. The standard InChI is InChI=1S/C13H20N2O4/c1-14(7-4-6-12(16)17)13(18)11-5-3-8-15(11)9-10-19-2/h3,5,8H,4,6-7,9-10H2,1-2H3,(H,16,17). The molecule has 0 aliphatic carbocycles. The number of ether oxygens (including phenoxy) is 1. The Morgan fingerprint density at radius 1 is 1.47 bits per heavy atom. The predicted molar refractivity (Wildman–Crippen MR) is 70.1 cm³/mol. The third kappa shape index (κ3) is 4.75. The number of rotatable bonds is 8. The van der Waals surface area contributed by atoms with Gasteiger partial charge in [0.05, 0.1) is 6.61 Å². The zero-order chi connectivity index (χ0) is 14.3. The van der Waals surface area contributed by atoms with Crippen molar-refractivity contribution in [3.63, 3.8) is 0 Å². The highest BCUT2D eigenvalue weighted by Gasteiger charge is 2.15. The second-order valence-electron chi connectivity index (χ2n) is 4.30. The average molecular weight is 268 g/mol. The van der Waals surface area contributed by atoms with Crippen molar-refractivity contribution in [2.75, 3.05) is 27.3 Å². The number of hydrogen-bond acceptors (Lipinski definition) is 3. The van der Waals surface area contributed by atoms with Crippen LogP contribution < -0.4 is 0 Å².